The molecule has 0 radical (unpaired) electrons. The Bertz CT molecular complexity index is 705. The van der Waals surface area contributed by atoms with Crippen molar-refractivity contribution in [2.24, 2.45) is 0 Å². The van der Waals surface area contributed by atoms with Gasteiger partial charge < -0.3 is 20.4 Å². The summed E-state index contributed by atoms with van der Waals surface area (Å²) in [6.07, 6.45) is 20.8. The lowest BCUT2D eigenvalue weighted by Crippen LogP contribution is -1.86. The Balaban J connectivity index is 1.36. The van der Waals surface area contributed by atoms with Gasteiger partial charge in [-0.1, -0.05) is 50.7 Å². The summed E-state index contributed by atoms with van der Waals surface area (Å²) in [6, 6.07) is 9.65. The highest BCUT2D eigenvalue weighted by Crippen LogP contribution is 2.23. The van der Waals surface area contributed by atoms with Gasteiger partial charge in [-0.2, -0.15) is 0 Å². The number of hydrogen-bond acceptors (Lipinski definition) is 4. The van der Waals surface area contributed by atoms with Gasteiger partial charge in [0.25, 0.3) is 0 Å². The predicted octanol–water partition coefficient (Wildman–Crippen LogP) is 7.53. The maximum atomic E-state index is 9.49. The fourth-order valence-electron chi connectivity index (χ4n) is 4.08. The largest absolute Gasteiger partial charge is 0.508 e. The standard InChI is InChI=1S/C28H40O4/c29-25-17-23(18-26(30)21-25)15-13-11-9-7-5-3-1-2-4-6-8-10-12-14-16-24-19-27(31)22-28(32)20-24/h1-2,17-22,29-32H,3-16H2/b2-1+. The van der Waals surface area contributed by atoms with Gasteiger partial charge in [0, 0.05) is 12.1 Å². The van der Waals surface area contributed by atoms with Crippen LogP contribution < -0.4 is 0 Å². The Morgan fingerprint density at radius 1 is 0.406 bits per heavy atom. The van der Waals surface area contributed by atoms with Crippen LogP contribution in [0.5, 0.6) is 23.0 Å². The van der Waals surface area contributed by atoms with Crippen LogP contribution in [0.3, 0.4) is 0 Å². The number of unbranched alkanes of at least 4 members (excludes halogenated alkanes) is 10. The van der Waals surface area contributed by atoms with E-state index >= 15 is 0 Å². The van der Waals surface area contributed by atoms with Gasteiger partial charge in [-0.05, 0) is 86.8 Å². The minimum atomic E-state index is 0.138. The van der Waals surface area contributed by atoms with Crippen LogP contribution in [0, 0.1) is 0 Å². The Kier molecular flexibility index (Phi) is 12.2. The normalized spacial score (nSPS) is 11.4. The summed E-state index contributed by atoms with van der Waals surface area (Å²) in [4.78, 5) is 0. The molecular formula is C28H40O4. The lowest BCUT2D eigenvalue weighted by Gasteiger charge is -2.04. The maximum Gasteiger partial charge on any atom is 0.119 e. The first-order chi connectivity index (χ1) is 15.5. The van der Waals surface area contributed by atoms with Gasteiger partial charge in [-0.25, -0.2) is 0 Å². The Hall–Kier alpha value is -2.62. The minimum Gasteiger partial charge on any atom is -0.508 e. The number of phenols is 4. The molecular weight excluding hydrogens is 400 g/mol. The summed E-state index contributed by atoms with van der Waals surface area (Å²) < 4.78 is 0. The Labute approximate surface area is 193 Å². The molecule has 0 aliphatic heterocycles. The molecule has 0 saturated heterocycles. The van der Waals surface area contributed by atoms with E-state index in [9.17, 15) is 20.4 Å². The number of hydrogen-bond donors (Lipinski definition) is 4. The molecule has 0 amide bonds. The summed E-state index contributed by atoms with van der Waals surface area (Å²) in [5.41, 5.74) is 2.00. The molecule has 4 N–H and O–H groups in total. The highest BCUT2D eigenvalue weighted by Gasteiger charge is 2.00. The molecule has 0 spiro atoms. The van der Waals surface area contributed by atoms with Crippen molar-refractivity contribution in [3.05, 3.63) is 59.7 Å². The van der Waals surface area contributed by atoms with Crippen molar-refractivity contribution in [3.63, 3.8) is 0 Å². The zero-order valence-electron chi connectivity index (χ0n) is 19.3. The maximum absolute atomic E-state index is 9.49. The van der Waals surface area contributed by atoms with E-state index in [4.69, 9.17) is 0 Å². The topological polar surface area (TPSA) is 80.9 Å². The number of rotatable bonds is 16. The van der Waals surface area contributed by atoms with Crippen LogP contribution in [0.1, 0.15) is 88.2 Å². The van der Waals surface area contributed by atoms with Gasteiger partial charge in [-0.15, -0.1) is 0 Å². The summed E-state index contributed by atoms with van der Waals surface area (Å²) >= 11 is 0. The lowest BCUT2D eigenvalue weighted by molar-refractivity contribution is 0.447. The fraction of sp³-hybridized carbons (Fsp3) is 0.500. The molecule has 4 heteroatoms. The highest BCUT2D eigenvalue weighted by molar-refractivity contribution is 5.37. The van der Waals surface area contributed by atoms with E-state index in [1.54, 1.807) is 24.3 Å². The molecule has 2 aromatic rings. The average molecular weight is 441 g/mol. The van der Waals surface area contributed by atoms with Gasteiger partial charge in [0.05, 0.1) is 0 Å². The number of benzene rings is 2. The van der Waals surface area contributed by atoms with Gasteiger partial charge >= 0.3 is 0 Å². The first kappa shape index (κ1) is 25.6. The lowest BCUT2D eigenvalue weighted by atomic mass is 10.0. The van der Waals surface area contributed by atoms with E-state index < -0.39 is 0 Å². The fourth-order valence-corrected chi connectivity index (χ4v) is 4.08. The van der Waals surface area contributed by atoms with Crippen LogP contribution in [0.15, 0.2) is 48.6 Å². The number of allylic oxidation sites excluding steroid dienone is 2. The van der Waals surface area contributed by atoms with E-state index in [2.05, 4.69) is 12.2 Å². The molecule has 4 nitrogen and oxygen atoms in total. The van der Waals surface area contributed by atoms with Crippen LogP contribution in [0.25, 0.3) is 0 Å². The molecule has 2 rings (SSSR count). The SMILES string of the molecule is Oc1cc(O)cc(CCCCCCC/C=C/CCCCCCCc2cc(O)cc(O)c2)c1. The zero-order valence-corrected chi connectivity index (χ0v) is 19.3. The minimum absolute atomic E-state index is 0.138. The molecule has 0 saturated carbocycles. The molecule has 0 atom stereocenters. The van der Waals surface area contributed by atoms with E-state index in [0.29, 0.717) is 0 Å². The monoisotopic (exact) mass is 440 g/mol. The zero-order chi connectivity index (χ0) is 23.0. The van der Waals surface area contributed by atoms with Crippen LogP contribution in [0.2, 0.25) is 0 Å². The Morgan fingerprint density at radius 3 is 1.09 bits per heavy atom. The molecule has 0 aromatic heterocycles. The van der Waals surface area contributed by atoms with Gasteiger partial charge in [0.2, 0.25) is 0 Å². The van der Waals surface area contributed by atoms with E-state index in [1.807, 2.05) is 0 Å². The van der Waals surface area contributed by atoms with Crippen LogP contribution in [0.4, 0.5) is 0 Å². The summed E-state index contributed by atoms with van der Waals surface area (Å²) in [7, 11) is 0. The highest BCUT2D eigenvalue weighted by atomic mass is 16.3. The van der Waals surface area contributed by atoms with E-state index in [-0.39, 0.29) is 23.0 Å². The van der Waals surface area contributed by atoms with E-state index in [0.717, 1.165) is 49.7 Å². The second kappa shape index (κ2) is 15.2. The molecule has 0 aliphatic carbocycles. The molecule has 0 unspecified atom stereocenters. The molecule has 176 valence electrons. The number of phenolic OH excluding ortho intramolecular Hbond substituents is 4. The van der Waals surface area contributed by atoms with Gasteiger partial charge in [0.15, 0.2) is 0 Å². The predicted molar refractivity (Wildman–Crippen MR) is 131 cm³/mol. The molecule has 0 heterocycles. The molecule has 0 bridgehead atoms. The number of aromatic hydroxyl groups is 4. The quantitative estimate of drug-likeness (QED) is 0.161. The van der Waals surface area contributed by atoms with Crippen molar-refractivity contribution in [2.45, 2.75) is 89.9 Å². The van der Waals surface area contributed by atoms with Crippen molar-refractivity contribution in [1.82, 2.24) is 0 Å². The smallest absolute Gasteiger partial charge is 0.119 e. The molecule has 0 aliphatic rings. The van der Waals surface area contributed by atoms with Crippen molar-refractivity contribution >= 4 is 0 Å². The number of aryl methyl sites for hydroxylation is 2. The third-order valence-electron chi connectivity index (χ3n) is 5.76. The van der Waals surface area contributed by atoms with Crippen LogP contribution >= 0.6 is 0 Å². The van der Waals surface area contributed by atoms with Crippen molar-refractivity contribution in [3.8, 4) is 23.0 Å². The van der Waals surface area contributed by atoms with E-state index in [1.165, 1.54) is 63.5 Å². The molecule has 2 aromatic carbocycles. The third kappa shape index (κ3) is 11.7. The third-order valence-corrected chi connectivity index (χ3v) is 5.76. The average Bonchev–Trinajstić information content (AvgIpc) is 2.72. The first-order valence-electron chi connectivity index (χ1n) is 12.2. The van der Waals surface area contributed by atoms with Gasteiger partial charge in [-0.3, -0.25) is 0 Å². The van der Waals surface area contributed by atoms with Crippen molar-refractivity contribution in [1.29, 1.82) is 0 Å². The van der Waals surface area contributed by atoms with Crippen LogP contribution in [-0.4, -0.2) is 20.4 Å². The Morgan fingerprint density at radius 2 is 0.719 bits per heavy atom. The summed E-state index contributed by atoms with van der Waals surface area (Å²) in [5.74, 6) is 0.551. The van der Waals surface area contributed by atoms with Crippen molar-refractivity contribution < 1.29 is 20.4 Å². The van der Waals surface area contributed by atoms with Crippen molar-refractivity contribution in [2.75, 3.05) is 0 Å². The summed E-state index contributed by atoms with van der Waals surface area (Å²) in [6.45, 7) is 0. The second-order valence-electron chi connectivity index (χ2n) is 8.80. The summed E-state index contributed by atoms with van der Waals surface area (Å²) in [5, 5.41) is 38.0. The van der Waals surface area contributed by atoms with Gasteiger partial charge in [0.1, 0.15) is 23.0 Å². The first-order valence-corrected chi connectivity index (χ1v) is 12.2. The molecule has 0 fully saturated rings. The second-order valence-corrected chi connectivity index (χ2v) is 8.80. The molecule has 32 heavy (non-hydrogen) atoms. The van der Waals surface area contributed by atoms with Crippen LogP contribution in [-0.2, 0) is 12.8 Å².